The summed E-state index contributed by atoms with van der Waals surface area (Å²) in [7, 11) is 0. The van der Waals surface area contributed by atoms with Gasteiger partial charge in [-0.3, -0.25) is 4.79 Å². The summed E-state index contributed by atoms with van der Waals surface area (Å²) in [5.41, 5.74) is 0. The molecule has 0 spiro atoms. The van der Waals surface area contributed by atoms with Crippen LogP contribution in [0.15, 0.2) is 0 Å². The predicted octanol–water partition coefficient (Wildman–Crippen LogP) is 1.53. The molecule has 0 aliphatic carbocycles. The molecule has 0 heterocycles. The Morgan fingerprint density at radius 1 is 1.21 bits per heavy atom. The first-order valence-electron chi connectivity index (χ1n) is 5.06. The van der Waals surface area contributed by atoms with Gasteiger partial charge in [0.15, 0.2) is 0 Å². The van der Waals surface area contributed by atoms with Gasteiger partial charge in [0.1, 0.15) is 0 Å². The molecule has 1 atom stereocenters. The molecule has 0 aromatic heterocycles. The molecule has 0 amide bonds. The standard InChI is InChI=1S/C10H20O3.K.H/c1-2-3-4-5-6-7-9(11)8-10(12)13;;/h9,11H,2-8H2,1H3,(H,12,13);;. The van der Waals surface area contributed by atoms with E-state index in [1.807, 2.05) is 0 Å². The Morgan fingerprint density at radius 3 is 2.29 bits per heavy atom. The van der Waals surface area contributed by atoms with Crippen LogP contribution >= 0.6 is 0 Å². The van der Waals surface area contributed by atoms with E-state index in [-0.39, 0.29) is 57.8 Å². The summed E-state index contributed by atoms with van der Waals surface area (Å²) in [6.45, 7) is 2.15. The topological polar surface area (TPSA) is 57.5 Å². The first-order chi connectivity index (χ1) is 6.16. The van der Waals surface area contributed by atoms with E-state index in [1.165, 1.54) is 19.3 Å². The van der Waals surface area contributed by atoms with Crippen LogP contribution in [0.5, 0.6) is 0 Å². The van der Waals surface area contributed by atoms with Gasteiger partial charge in [0.25, 0.3) is 0 Å². The summed E-state index contributed by atoms with van der Waals surface area (Å²) in [5.74, 6) is -0.916. The number of hydrogen-bond donors (Lipinski definition) is 2. The van der Waals surface area contributed by atoms with Crippen molar-refractivity contribution in [3.05, 3.63) is 0 Å². The maximum absolute atomic E-state index is 10.2. The van der Waals surface area contributed by atoms with E-state index in [0.29, 0.717) is 6.42 Å². The molecule has 2 N–H and O–H groups in total. The number of aliphatic carboxylic acids is 1. The third kappa shape index (κ3) is 13.1. The van der Waals surface area contributed by atoms with Gasteiger partial charge in [0, 0.05) is 0 Å². The van der Waals surface area contributed by atoms with Crippen LogP contribution in [0.2, 0.25) is 0 Å². The van der Waals surface area contributed by atoms with E-state index in [9.17, 15) is 9.90 Å². The Hall–Kier alpha value is 1.07. The third-order valence-electron chi connectivity index (χ3n) is 2.05. The molecule has 0 bridgehead atoms. The van der Waals surface area contributed by atoms with Gasteiger partial charge in [-0.15, -0.1) is 0 Å². The zero-order valence-electron chi connectivity index (χ0n) is 8.33. The van der Waals surface area contributed by atoms with Crippen LogP contribution in [0.3, 0.4) is 0 Å². The van der Waals surface area contributed by atoms with Crippen LogP contribution in [-0.2, 0) is 4.79 Å². The molecule has 80 valence electrons. The van der Waals surface area contributed by atoms with Gasteiger partial charge in [0.2, 0.25) is 0 Å². The molecule has 0 aromatic carbocycles. The zero-order chi connectivity index (χ0) is 10.1. The van der Waals surface area contributed by atoms with Crippen molar-refractivity contribution >= 4 is 57.4 Å². The summed E-state index contributed by atoms with van der Waals surface area (Å²) in [6.07, 6.45) is 5.52. The zero-order valence-corrected chi connectivity index (χ0v) is 8.33. The minimum atomic E-state index is -0.916. The van der Waals surface area contributed by atoms with Gasteiger partial charge >= 0.3 is 57.4 Å². The number of rotatable bonds is 8. The summed E-state index contributed by atoms with van der Waals surface area (Å²) >= 11 is 0. The predicted molar refractivity (Wildman–Crippen MR) is 58.8 cm³/mol. The fraction of sp³-hybridized carbons (Fsp3) is 0.900. The fourth-order valence-electron chi connectivity index (χ4n) is 1.29. The summed E-state index contributed by atoms with van der Waals surface area (Å²) in [6, 6.07) is 0. The Balaban J connectivity index is 0. The molecule has 0 fully saturated rings. The Morgan fingerprint density at radius 2 is 1.79 bits per heavy atom. The molecular formula is C10H21KO3. The SMILES string of the molecule is CCCCCCCC(O)CC(=O)O.[KH]. The number of unbranched alkanes of at least 4 members (excludes halogenated alkanes) is 4. The normalized spacial score (nSPS) is 11.9. The van der Waals surface area contributed by atoms with Crippen LogP contribution in [-0.4, -0.2) is 73.7 Å². The second-order valence-corrected chi connectivity index (χ2v) is 3.45. The van der Waals surface area contributed by atoms with Crippen molar-refractivity contribution < 1.29 is 15.0 Å². The molecule has 0 saturated heterocycles. The Labute approximate surface area is 129 Å². The van der Waals surface area contributed by atoms with E-state index < -0.39 is 12.1 Å². The number of hydrogen-bond acceptors (Lipinski definition) is 2. The number of aliphatic hydroxyl groups is 1. The summed E-state index contributed by atoms with van der Waals surface area (Å²) in [4.78, 5) is 10.2. The van der Waals surface area contributed by atoms with Crippen molar-refractivity contribution in [3.63, 3.8) is 0 Å². The minimum absolute atomic E-state index is 0. The van der Waals surface area contributed by atoms with Crippen molar-refractivity contribution in [2.75, 3.05) is 0 Å². The number of carboxylic acids is 1. The maximum atomic E-state index is 10.2. The molecule has 0 rings (SSSR count). The second-order valence-electron chi connectivity index (χ2n) is 3.45. The second kappa shape index (κ2) is 12.1. The number of carbonyl (C=O) groups is 1. The van der Waals surface area contributed by atoms with Crippen molar-refractivity contribution in [2.45, 2.75) is 58.0 Å². The van der Waals surface area contributed by atoms with E-state index >= 15 is 0 Å². The van der Waals surface area contributed by atoms with Crippen LogP contribution in [0.25, 0.3) is 0 Å². The van der Waals surface area contributed by atoms with Crippen molar-refractivity contribution in [3.8, 4) is 0 Å². The van der Waals surface area contributed by atoms with E-state index in [2.05, 4.69) is 6.92 Å². The van der Waals surface area contributed by atoms with Gasteiger partial charge < -0.3 is 10.2 Å². The fourth-order valence-corrected chi connectivity index (χ4v) is 1.29. The van der Waals surface area contributed by atoms with Crippen LogP contribution in [0.1, 0.15) is 51.9 Å². The molecule has 0 saturated carbocycles. The summed E-state index contributed by atoms with van der Waals surface area (Å²) < 4.78 is 0. The molecule has 14 heavy (non-hydrogen) atoms. The van der Waals surface area contributed by atoms with Crippen molar-refractivity contribution in [1.29, 1.82) is 0 Å². The Bertz CT molecular complexity index is 139. The van der Waals surface area contributed by atoms with E-state index in [4.69, 9.17) is 5.11 Å². The van der Waals surface area contributed by atoms with Gasteiger partial charge in [-0.2, -0.15) is 0 Å². The molecule has 4 heteroatoms. The number of carboxylic acid groups (broad SMARTS) is 1. The molecule has 0 radical (unpaired) electrons. The molecule has 0 aromatic rings. The third-order valence-corrected chi connectivity index (χ3v) is 2.05. The average molecular weight is 228 g/mol. The van der Waals surface area contributed by atoms with E-state index in [1.54, 1.807) is 0 Å². The molecule has 1 unspecified atom stereocenters. The van der Waals surface area contributed by atoms with Crippen molar-refractivity contribution in [2.24, 2.45) is 0 Å². The quantitative estimate of drug-likeness (QED) is 0.489. The van der Waals surface area contributed by atoms with Crippen LogP contribution in [0, 0.1) is 0 Å². The summed E-state index contributed by atoms with van der Waals surface area (Å²) in [5, 5.41) is 17.6. The molecule has 3 nitrogen and oxygen atoms in total. The average Bonchev–Trinajstić information content (AvgIpc) is 2.02. The first kappa shape index (κ1) is 17.5. The molecule has 0 aliphatic rings. The van der Waals surface area contributed by atoms with Crippen molar-refractivity contribution in [1.82, 2.24) is 0 Å². The molecule has 0 aliphatic heterocycles. The first-order valence-corrected chi connectivity index (χ1v) is 5.06. The molecular weight excluding hydrogens is 207 g/mol. The van der Waals surface area contributed by atoms with Crippen LogP contribution < -0.4 is 0 Å². The number of aliphatic hydroxyl groups excluding tert-OH is 1. The van der Waals surface area contributed by atoms with Gasteiger partial charge in [-0.25, -0.2) is 0 Å². The van der Waals surface area contributed by atoms with Crippen LogP contribution in [0.4, 0.5) is 0 Å². The monoisotopic (exact) mass is 228 g/mol. The van der Waals surface area contributed by atoms with Gasteiger partial charge in [-0.1, -0.05) is 39.0 Å². The van der Waals surface area contributed by atoms with Gasteiger partial charge in [0.05, 0.1) is 12.5 Å². The van der Waals surface area contributed by atoms with Gasteiger partial charge in [-0.05, 0) is 6.42 Å². The van der Waals surface area contributed by atoms with E-state index in [0.717, 1.165) is 12.8 Å². The Kier molecular flexibility index (Phi) is 15.1.